The molecule has 4 rings (SSSR count). The molecule has 0 aliphatic carbocycles. The van der Waals surface area contributed by atoms with Gasteiger partial charge in [-0.25, -0.2) is 21.8 Å². The maximum atomic E-state index is 13.3. The van der Waals surface area contributed by atoms with Crippen molar-refractivity contribution in [3.8, 4) is 0 Å². The number of aryl methyl sites for hydroxylation is 2. The summed E-state index contributed by atoms with van der Waals surface area (Å²) in [5, 5.41) is 0. The van der Waals surface area contributed by atoms with Gasteiger partial charge in [-0.1, -0.05) is 6.07 Å². The highest BCUT2D eigenvalue weighted by atomic mass is 32.2. The number of hydrogen-bond donors (Lipinski definition) is 0. The lowest BCUT2D eigenvalue weighted by Gasteiger charge is -2.36. The zero-order valence-corrected chi connectivity index (χ0v) is 21.5. The van der Waals surface area contributed by atoms with Crippen LogP contribution in [-0.2, 0) is 19.9 Å². The Morgan fingerprint density at radius 1 is 1.09 bits per heavy atom. The molecule has 0 N–H and O–H groups in total. The van der Waals surface area contributed by atoms with Crippen molar-refractivity contribution >= 4 is 37.3 Å². The Kier molecular flexibility index (Phi) is 6.36. The highest BCUT2D eigenvalue weighted by Crippen LogP contribution is 2.32. The van der Waals surface area contributed by atoms with Gasteiger partial charge in [0.15, 0.2) is 9.84 Å². The van der Waals surface area contributed by atoms with Crippen LogP contribution in [-0.4, -0.2) is 76.9 Å². The van der Waals surface area contributed by atoms with E-state index in [-0.39, 0.29) is 33.8 Å². The smallest absolute Gasteiger partial charge is 0.255 e. The molecule has 0 saturated carbocycles. The molecule has 3 heterocycles. The second-order valence-corrected chi connectivity index (χ2v) is 13.1. The third-order valence-electron chi connectivity index (χ3n) is 6.40. The molecule has 2 aliphatic heterocycles. The predicted molar refractivity (Wildman–Crippen MR) is 132 cm³/mol. The summed E-state index contributed by atoms with van der Waals surface area (Å²) < 4.78 is 51.4. The van der Waals surface area contributed by atoms with Gasteiger partial charge in [0.05, 0.1) is 21.9 Å². The molecule has 34 heavy (non-hydrogen) atoms. The molecule has 11 heteroatoms. The number of sulfonamides is 1. The molecule has 1 aromatic heterocycles. The van der Waals surface area contributed by atoms with E-state index in [2.05, 4.69) is 16.0 Å². The van der Waals surface area contributed by atoms with E-state index < -0.39 is 19.9 Å². The molecule has 184 valence electrons. The first-order valence-electron chi connectivity index (χ1n) is 11.2. The summed E-state index contributed by atoms with van der Waals surface area (Å²) in [5.41, 5.74) is 2.49. The number of rotatable bonds is 4. The lowest BCUT2D eigenvalue weighted by atomic mass is 10.1. The van der Waals surface area contributed by atoms with E-state index in [0.29, 0.717) is 32.6 Å². The molecule has 0 spiro atoms. The molecule has 2 fully saturated rings. The Morgan fingerprint density at radius 2 is 1.76 bits per heavy atom. The van der Waals surface area contributed by atoms with E-state index in [1.165, 1.54) is 22.5 Å². The first-order valence-corrected chi connectivity index (χ1v) is 14.7. The van der Waals surface area contributed by atoms with Gasteiger partial charge in [0.2, 0.25) is 10.0 Å². The van der Waals surface area contributed by atoms with Gasteiger partial charge in [0.25, 0.3) is 5.91 Å². The van der Waals surface area contributed by atoms with Crippen LogP contribution < -0.4 is 9.21 Å². The number of carbonyl (C=O) groups excluding carboxylic acids is 1. The summed E-state index contributed by atoms with van der Waals surface area (Å²) in [7, 11) is -7.29. The van der Waals surface area contributed by atoms with Crippen LogP contribution in [0.4, 0.5) is 11.5 Å². The number of anilines is 2. The Hall–Kier alpha value is -2.66. The molecule has 1 amide bonds. The lowest BCUT2D eigenvalue weighted by molar-refractivity contribution is 0.0742. The summed E-state index contributed by atoms with van der Waals surface area (Å²) in [6.45, 7) is 7.80. The second-order valence-electron chi connectivity index (χ2n) is 9.13. The Labute approximate surface area is 201 Å². The van der Waals surface area contributed by atoms with Crippen LogP contribution in [0.5, 0.6) is 0 Å². The van der Waals surface area contributed by atoms with Gasteiger partial charge in [-0.2, -0.15) is 0 Å². The number of carbonyl (C=O) groups is 1. The maximum Gasteiger partial charge on any atom is 0.255 e. The Morgan fingerprint density at radius 3 is 2.32 bits per heavy atom. The number of aromatic nitrogens is 1. The van der Waals surface area contributed by atoms with Gasteiger partial charge in [0.1, 0.15) is 5.82 Å². The van der Waals surface area contributed by atoms with E-state index in [4.69, 9.17) is 0 Å². The average molecular weight is 507 g/mol. The summed E-state index contributed by atoms with van der Waals surface area (Å²) in [6.07, 6.45) is 3.33. The topological polar surface area (TPSA) is 108 Å². The molecule has 0 bridgehead atoms. The largest absolute Gasteiger partial charge is 0.353 e. The van der Waals surface area contributed by atoms with Crippen molar-refractivity contribution in [3.05, 3.63) is 47.2 Å². The van der Waals surface area contributed by atoms with Crippen LogP contribution in [0.3, 0.4) is 0 Å². The number of hydrogen-bond acceptors (Lipinski definition) is 7. The van der Waals surface area contributed by atoms with Crippen molar-refractivity contribution < 1.29 is 21.6 Å². The molecule has 9 nitrogen and oxygen atoms in total. The Balaban J connectivity index is 1.59. The van der Waals surface area contributed by atoms with Crippen molar-refractivity contribution in [1.82, 2.24) is 9.88 Å². The van der Waals surface area contributed by atoms with Crippen molar-refractivity contribution in [3.63, 3.8) is 0 Å². The van der Waals surface area contributed by atoms with Crippen molar-refractivity contribution in [2.75, 3.05) is 47.4 Å². The lowest BCUT2D eigenvalue weighted by Crippen LogP contribution is -2.49. The van der Waals surface area contributed by atoms with Gasteiger partial charge in [-0.05, 0) is 56.5 Å². The minimum absolute atomic E-state index is 0.0165. The van der Waals surface area contributed by atoms with Gasteiger partial charge in [0, 0.05) is 44.7 Å². The monoisotopic (exact) mass is 506 g/mol. The van der Waals surface area contributed by atoms with E-state index in [9.17, 15) is 21.6 Å². The SMILES string of the molecule is Cc1cnc(N2CCN(C(=O)c3ccc(N4[C@H](C)CCS4(=O)=O)cc3S(C)(=O)=O)CC2)c(C)c1. The van der Waals surface area contributed by atoms with Gasteiger partial charge in [-0.3, -0.25) is 9.10 Å². The molecular weight excluding hydrogens is 476 g/mol. The highest BCUT2D eigenvalue weighted by molar-refractivity contribution is 7.93. The van der Waals surface area contributed by atoms with Crippen LogP contribution in [0.15, 0.2) is 35.4 Å². The fraction of sp³-hybridized carbons (Fsp3) is 0.478. The molecule has 0 unspecified atom stereocenters. The van der Waals surface area contributed by atoms with Crippen LogP contribution in [0, 0.1) is 13.8 Å². The standard InChI is InChI=1S/C23H30N4O5S2/c1-16-13-17(2)22(24-15-16)25-8-10-26(11-9-25)23(28)20-6-5-19(14-21(20)33(4,29)30)27-18(3)7-12-34(27,31)32/h5-6,13-15,18H,7-12H2,1-4H3/t18-/m1/s1. The highest BCUT2D eigenvalue weighted by Gasteiger charge is 2.36. The number of piperazine rings is 1. The van der Waals surface area contributed by atoms with E-state index in [1.807, 2.05) is 20.0 Å². The number of sulfone groups is 1. The number of benzene rings is 1. The third-order valence-corrected chi connectivity index (χ3v) is 9.46. The van der Waals surface area contributed by atoms with Crippen LogP contribution >= 0.6 is 0 Å². The molecule has 2 aliphatic rings. The minimum Gasteiger partial charge on any atom is -0.353 e. The molecule has 1 atom stereocenters. The summed E-state index contributed by atoms with van der Waals surface area (Å²) in [5.74, 6) is 0.528. The van der Waals surface area contributed by atoms with Crippen molar-refractivity contribution in [1.29, 1.82) is 0 Å². The maximum absolute atomic E-state index is 13.3. The molecular formula is C23H30N4O5S2. The van der Waals surface area contributed by atoms with Crippen LogP contribution in [0.2, 0.25) is 0 Å². The minimum atomic E-state index is -3.78. The van der Waals surface area contributed by atoms with Crippen LogP contribution in [0.1, 0.15) is 34.8 Å². The fourth-order valence-corrected chi connectivity index (χ4v) is 7.50. The van der Waals surface area contributed by atoms with E-state index in [1.54, 1.807) is 11.8 Å². The first kappa shape index (κ1) is 24.5. The normalized spacial score (nSPS) is 20.6. The second kappa shape index (κ2) is 8.84. The first-order chi connectivity index (χ1) is 15.9. The van der Waals surface area contributed by atoms with E-state index >= 15 is 0 Å². The van der Waals surface area contributed by atoms with Gasteiger partial charge >= 0.3 is 0 Å². The summed E-state index contributed by atoms with van der Waals surface area (Å²) >= 11 is 0. The van der Waals surface area contributed by atoms with Gasteiger partial charge in [-0.15, -0.1) is 0 Å². The predicted octanol–water partition coefficient (Wildman–Crippen LogP) is 1.99. The number of pyridine rings is 1. The molecule has 0 radical (unpaired) electrons. The fourth-order valence-electron chi connectivity index (χ4n) is 4.69. The average Bonchev–Trinajstić information content (AvgIpc) is 3.04. The van der Waals surface area contributed by atoms with E-state index in [0.717, 1.165) is 23.2 Å². The zero-order chi connectivity index (χ0) is 24.8. The number of amides is 1. The molecule has 2 saturated heterocycles. The molecule has 1 aromatic carbocycles. The number of nitrogens with zero attached hydrogens (tertiary/aromatic N) is 4. The van der Waals surface area contributed by atoms with Crippen molar-refractivity contribution in [2.45, 2.75) is 38.1 Å². The van der Waals surface area contributed by atoms with Crippen molar-refractivity contribution in [2.24, 2.45) is 0 Å². The third kappa shape index (κ3) is 4.63. The van der Waals surface area contributed by atoms with Gasteiger partial charge < -0.3 is 9.80 Å². The summed E-state index contributed by atoms with van der Waals surface area (Å²) in [6, 6.07) is 6.08. The Bertz CT molecular complexity index is 1330. The quantitative estimate of drug-likeness (QED) is 0.624. The summed E-state index contributed by atoms with van der Waals surface area (Å²) in [4.78, 5) is 21.5. The molecule has 2 aromatic rings. The zero-order valence-electron chi connectivity index (χ0n) is 19.9. The van der Waals surface area contributed by atoms with Crippen LogP contribution in [0.25, 0.3) is 0 Å².